The summed E-state index contributed by atoms with van der Waals surface area (Å²) in [6.07, 6.45) is 4.84. The molecule has 1 aliphatic rings. The molecule has 118 valence electrons. The van der Waals surface area contributed by atoms with Crippen LogP contribution in [-0.4, -0.2) is 24.1 Å². The molecule has 1 N–H and O–H groups in total. The molecule has 1 saturated heterocycles. The van der Waals surface area contributed by atoms with Crippen molar-refractivity contribution >= 4 is 5.82 Å². The van der Waals surface area contributed by atoms with Gasteiger partial charge in [-0.15, -0.1) is 0 Å². The van der Waals surface area contributed by atoms with Crippen LogP contribution in [0.25, 0.3) is 0 Å². The summed E-state index contributed by atoms with van der Waals surface area (Å²) in [6.45, 7) is 12.2. The Morgan fingerprint density at radius 1 is 1.33 bits per heavy atom. The Hall–Kier alpha value is -1.09. The molecule has 1 atom stereocenters. The Morgan fingerprint density at radius 2 is 2.14 bits per heavy atom. The minimum atomic E-state index is 0.654. The Balaban J connectivity index is 2.25. The van der Waals surface area contributed by atoms with Gasteiger partial charge in [-0.05, 0) is 49.4 Å². The normalized spacial score (nSPS) is 18.7. The molecule has 0 spiro atoms. The number of hydrogen-bond donors (Lipinski definition) is 1. The van der Waals surface area contributed by atoms with E-state index < -0.39 is 0 Å². The summed E-state index contributed by atoms with van der Waals surface area (Å²) >= 11 is 0. The molecule has 0 aliphatic carbocycles. The van der Waals surface area contributed by atoms with Gasteiger partial charge >= 0.3 is 0 Å². The molecule has 0 aromatic carbocycles. The number of anilines is 1. The molecule has 1 aromatic rings. The van der Waals surface area contributed by atoms with Gasteiger partial charge in [0.25, 0.3) is 0 Å². The van der Waals surface area contributed by atoms with E-state index in [-0.39, 0.29) is 0 Å². The standard InChI is InChI=1S/C18H31N3/c1-5-8-16-11-15(13-19-6-2)12-18(20-16)21-10-7-9-17(21)14(3)4/h11-12,14,17,19H,5-10,13H2,1-4H3. The number of aromatic nitrogens is 1. The van der Waals surface area contributed by atoms with Crippen molar-refractivity contribution in [2.24, 2.45) is 5.92 Å². The number of nitrogens with one attached hydrogen (secondary N) is 1. The second-order valence-corrected chi connectivity index (χ2v) is 6.50. The summed E-state index contributed by atoms with van der Waals surface area (Å²) in [7, 11) is 0. The van der Waals surface area contributed by atoms with E-state index in [9.17, 15) is 0 Å². The topological polar surface area (TPSA) is 28.2 Å². The minimum Gasteiger partial charge on any atom is -0.353 e. The van der Waals surface area contributed by atoms with Gasteiger partial charge < -0.3 is 10.2 Å². The first-order chi connectivity index (χ1) is 10.2. The molecule has 0 radical (unpaired) electrons. The molecule has 2 heterocycles. The van der Waals surface area contributed by atoms with Crippen LogP contribution in [0.15, 0.2) is 12.1 Å². The van der Waals surface area contributed by atoms with E-state index in [0.717, 1.165) is 32.5 Å². The molecular weight excluding hydrogens is 258 g/mol. The first-order valence-electron chi connectivity index (χ1n) is 8.62. The summed E-state index contributed by atoms with van der Waals surface area (Å²) in [5, 5.41) is 3.44. The van der Waals surface area contributed by atoms with Crippen LogP contribution in [0.2, 0.25) is 0 Å². The van der Waals surface area contributed by atoms with Crippen molar-refractivity contribution in [3.63, 3.8) is 0 Å². The average Bonchev–Trinajstić information content (AvgIpc) is 2.95. The van der Waals surface area contributed by atoms with E-state index >= 15 is 0 Å². The third-order valence-electron chi connectivity index (χ3n) is 4.37. The highest BCUT2D eigenvalue weighted by molar-refractivity contribution is 5.45. The molecule has 1 fully saturated rings. The van der Waals surface area contributed by atoms with Crippen molar-refractivity contribution < 1.29 is 0 Å². The van der Waals surface area contributed by atoms with E-state index in [1.165, 1.54) is 29.9 Å². The lowest BCUT2D eigenvalue weighted by atomic mass is 10.0. The molecule has 0 amide bonds. The maximum absolute atomic E-state index is 4.94. The summed E-state index contributed by atoms with van der Waals surface area (Å²) in [5.41, 5.74) is 2.62. The summed E-state index contributed by atoms with van der Waals surface area (Å²) in [4.78, 5) is 7.48. The zero-order valence-electron chi connectivity index (χ0n) is 14.2. The SMILES string of the molecule is CCCc1cc(CNCC)cc(N2CCCC2C(C)C)n1. The Labute approximate surface area is 130 Å². The fraction of sp³-hybridized carbons (Fsp3) is 0.722. The third kappa shape index (κ3) is 4.19. The molecule has 21 heavy (non-hydrogen) atoms. The molecule has 3 nitrogen and oxygen atoms in total. The Kier molecular flexibility index (Phi) is 6.04. The van der Waals surface area contributed by atoms with Crippen LogP contribution in [0.4, 0.5) is 5.82 Å². The second kappa shape index (κ2) is 7.79. The molecule has 0 bridgehead atoms. The Bertz CT molecular complexity index is 442. The van der Waals surface area contributed by atoms with Gasteiger partial charge in [-0.25, -0.2) is 4.98 Å². The highest BCUT2D eigenvalue weighted by Crippen LogP contribution is 2.29. The second-order valence-electron chi connectivity index (χ2n) is 6.50. The van der Waals surface area contributed by atoms with Gasteiger partial charge in [0, 0.05) is 24.8 Å². The number of nitrogens with zero attached hydrogens (tertiary/aromatic N) is 2. The first kappa shape index (κ1) is 16.3. The minimum absolute atomic E-state index is 0.654. The van der Waals surface area contributed by atoms with Gasteiger partial charge in [0.2, 0.25) is 0 Å². The fourth-order valence-electron chi connectivity index (χ4n) is 3.31. The maximum atomic E-state index is 4.94. The molecule has 1 unspecified atom stereocenters. The Morgan fingerprint density at radius 3 is 2.81 bits per heavy atom. The molecule has 2 rings (SSSR count). The van der Waals surface area contributed by atoms with Crippen LogP contribution in [0.5, 0.6) is 0 Å². The van der Waals surface area contributed by atoms with Gasteiger partial charge in [0.1, 0.15) is 5.82 Å². The van der Waals surface area contributed by atoms with Crippen LogP contribution >= 0.6 is 0 Å². The van der Waals surface area contributed by atoms with E-state index in [1.807, 2.05) is 0 Å². The lowest BCUT2D eigenvalue weighted by molar-refractivity contribution is 0.489. The average molecular weight is 289 g/mol. The quantitative estimate of drug-likeness (QED) is 0.828. The van der Waals surface area contributed by atoms with Gasteiger partial charge in [0.15, 0.2) is 0 Å². The molecule has 0 saturated carbocycles. The predicted octanol–water partition coefficient (Wildman–Crippen LogP) is 3.77. The van der Waals surface area contributed by atoms with Gasteiger partial charge in [-0.3, -0.25) is 0 Å². The molecular formula is C18H31N3. The molecule has 1 aliphatic heterocycles. The van der Waals surface area contributed by atoms with Gasteiger partial charge in [-0.1, -0.05) is 34.1 Å². The van der Waals surface area contributed by atoms with Crippen LogP contribution in [0, 0.1) is 5.92 Å². The monoisotopic (exact) mass is 289 g/mol. The van der Waals surface area contributed by atoms with Gasteiger partial charge in [0.05, 0.1) is 0 Å². The number of hydrogen-bond acceptors (Lipinski definition) is 3. The third-order valence-corrected chi connectivity index (χ3v) is 4.37. The first-order valence-corrected chi connectivity index (χ1v) is 8.62. The molecule has 1 aromatic heterocycles. The largest absolute Gasteiger partial charge is 0.353 e. The van der Waals surface area contributed by atoms with Crippen LogP contribution in [-0.2, 0) is 13.0 Å². The summed E-state index contributed by atoms with van der Waals surface area (Å²) in [6, 6.07) is 5.22. The van der Waals surface area contributed by atoms with E-state index in [4.69, 9.17) is 4.98 Å². The van der Waals surface area contributed by atoms with E-state index in [1.54, 1.807) is 0 Å². The van der Waals surface area contributed by atoms with Crippen molar-refractivity contribution in [1.82, 2.24) is 10.3 Å². The molecule has 3 heteroatoms. The number of rotatable bonds is 7. The van der Waals surface area contributed by atoms with Crippen LogP contribution in [0.1, 0.15) is 58.2 Å². The van der Waals surface area contributed by atoms with Crippen molar-refractivity contribution in [3.05, 3.63) is 23.4 Å². The number of aryl methyl sites for hydroxylation is 1. The van der Waals surface area contributed by atoms with Crippen LogP contribution in [0.3, 0.4) is 0 Å². The van der Waals surface area contributed by atoms with E-state index in [2.05, 4.69) is 50.0 Å². The number of pyridine rings is 1. The van der Waals surface area contributed by atoms with E-state index in [0.29, 0.717) is 12.0 Å². The van der Waals surface area contributed by atoms with Crippen molar-refractivity contribution in [2.75, 3.05) is 18.0 Å². The smallest absolute Gasteiger partial charge is 0.129 e. The van der Waals surface area contributed by atoms with Crippen molar-refractivity contribution in [1.29, 1.82) is 0 Å². The highest BCUT2D eigenvalue weighted by atomic mass is 15.2. The predicted molar refractivity (Wildman–Crippen MR) is 90.8 cm³/mol. The zero-order valence-corrected chi connectivity index (χ0v) is 14.2. The zero-order chi connectivity index (χ0) is 15.2. The maximum Gasteiger partial charge on any atom is 0.129 e. The summed E-state index contributed by atoms with van der Waals surface area (Å²) in [5.74, 6) is 1.89. The fourth-order valence-corrected chi connectivity index (χ4v) is 3.31. The van der Waals surface area contributed by atoms with Crippen molar-refractivity contribution in [2.45, 2.75) is 66.0 Å². The van der Waals surface area contributed by atoms with Gasteiger partial charge in [-0.2, -0.15) is 0 Å². The lowest BCUT2D eigenvalue weighted by Crippen LogP contribution is -2.34. The van der Waals surface area contributed by atoms with Crippen molar-refractivity contribution in [3.8, 4) is 0 Å². The summed E-state index contributed by atoms with van der Waals surface area (Å²) < 4.78 is 0. The lowest BCUT2D eigenvalue weighted by Gasteiger charge is -2.29. The van der Waals surface area contributed by atoms with Crippen LogP contribution < -0.4 is 10.2 Å². The highest BCUT2D eigenvalue weighted by Gasteiger charge is 2.28.